The van der Waals surface area contributed by atoms with Gasteiger partial charge in [0.25, 0.3) is 0 Å². The summed E-state index contributed by atoms with van der Waals surface area (Å²) in [7, 11) is -0.835. The lowest BCUT2D eigenvalue weighted by molar-refractivity contribution is 0.386. The van der Waals surface area contributed by atoms with Crippen molar-refractivity contribution in [2.45, 2.75) is 18.4 Å². The van der Waals surface area contributed by atoms with Crippen molar-refractivity contribution in [3.63, 3.8) is 0 Å². The van der Waals surface area contributed by atoms with E-state index in [1.807, 2.05) is 6.92 Å². The van der Waals surface area contributed by atoms with Gasteiger partial charge in [0.1, 0.15) is 16.4 Å². The summed E-state index contributed by atoms with van der Waals surface area (Å²) in [6.07, 6.45) is 0. The fourth-order valence-electron chi connectivity index (χ4n) is 1.76. The van der Waals surface area contributed by atoms with Crippen LogP contribution in [0.4, 0.5) is 0 Å². The highest BCUT2D eigenvalue weighted by atomic mass is 32.2. The van der Waals surface area contributed by atoms with Crippen LogP contribution in [0.5, 0.6) is 11.5 Å². The predicted octanol–water partition coefficient (Wildman–Crippen LogP) is 1.28. The van der Waals surface area contributed by atoms with Gasteiger partial charge < -0.3 is 9.47 Å². The molecule has 0 aliphatic carbocycles. The molecule has 0 fully saturated rings. The Bertz CT molecular complexity index is 745. The van der Waals surface area contributed by atoms with Gasteiger partial charge in [-0.05, 0) is 31.2 Å². The van der Waals surface area contributed by atoms with E-state index in [1.165, 1.54) is 26.4 Å². The zero-order valence-corrected chi connectivity index (χ0v) is 13.3. The minimum Gasteiger partial charge on any atom is -0.497 e. The number of nitrogens with one attached hydrogen (secondary N) is 1. The SMILES string of the molecule is COc1ccc(S(=O)(=O)NCc2ccc(C)nn2)c(OC)c1. The molecule has 0 radical (unpaired) electrons. The predicted molar refractivity (Wildman–Crippen MR) is 80.3 cm³/mol. The van der Waals surface area contributed by atoms with E-state index < -0.39 is 10.0 Å². The maximum Gasteiger partial charge on any atom is 0.244 e. The molecule has 0 saturated carbocycles. The fourth-order valence-corrected chi connectivity index (χ4v) is 2.91. The van der Waals surface area contributed by atoms with Gasteiger partial charge in [0.2, 0.25) is 10.0 Å². The number of hydrogen-bond donors (Lipinski definition) is 1. The molecule has 7 nitrogen and oxygen atoms in total. The molecule has 0 unspecified atom stereocenters. The second kappa shape index (κ2) is 6.71. The lowest BCUT2D eigenvalue weighted by Gasteiger charge is -2.11. The van der Waals surface area contributed by atoms with E-state index in [-0.39, 0.29) is 17.2 Å². The number of aromatic nitrogens is 2. The molecule has 22 heavy (non-hydrogen) atoms. The minimum atomic E-state index is -3.73. The molecule has 1 N–H and O–H groups in total. The van der Waals surface area contributed by atoms with Crippen molar-refractivity contribution >= 4 is 10.0 Å². The quantitative estimate of drug-likeness (QED) is 0.861. The fraction of sp³-hybridized carbons (Fsp3) is 0.286. The van der Waals surface area contributed by atoms with Gasteiger partial charge >= 0.3 is 0 Å². The Labute approximate surface area is 129 Å². The Kier molecular flexibility index (Phi) is 4.94. The van der Waals surface area contributed by atoms with Crippen LogP contribution in [0.1, 0.15) is 11.4 Å². The van der Waals surface area contributed by atoms with Crippen LogP contribution >= 0.6 is 0 Å². The third-order valence-corrected chi connectivity index (χ3v) is 4.40. The van der Waals surface area contributed by atoms with Gasteiger partial charge in [-0.2, -0.15) is 10.2 Å². The lowest BCUT2D eigenvalue weighted by atomic mass is 10.3. The minimum absolute atomic E-state index is 0.0378. The smallest absolute Gasteiger partial charge is 0.244 e. The van der Waals surface area contributed by atoms with Crippen LogP contribution in [0.3, 0.4) is 0 Å². The molecule has 1 aromatic heterocycles. The van der Waals surface area contributed by atoms with E-state index >= 15 is 0 Å². The van der Waals surface area contributed by atoms with Gasteiger partial charge in [-0.15, -0.1) is 0 Å². The van der Waals surface area contributed by atoms with E-state index in [1.54, 1.807) is 18.2 Å². The monoisotopic (exact) mass is 323 g/mol. The molecular weight excluding hydrogens is 306 g/mol. The zero-order valence-electron chi connectivity index (χ0n) is 12.5. The number of ether oxygens (including phenoxy) is 2. The highest BCUT2D eigenvalue weighted by molar-refractivity contribution is 7.89. The first-order chi connectivity index (χ1) is 10.5. The molecule has 0 saturated heterocycles. The van der Waals surface area contributed by atoms with Crippen LogP contribution in [0, 0.1) is 6.92 Å². The molecule has 1 heterocycles. The van der Waals surface area contributed by atoms with Gasteiger partial charge in [0, 0.05) is 6.07 Å². The highest BCUT2D eigenvalue weighted by Crippen LogP contribution is 2.28. The van der Waals surface area contributed by atoms with Gasteiger partial charge in [0.15, 0.2) is 0 Å². The average molecular weight is 323 g/mol. The van der Waals surface area contributed by atoms with Crippen molar-refractivity contribution in [1.29, 1.82) is 0 Å². The normalized spacial score (nSPS) is 11.2. The van der Waals surface area contributed by atoms with E-state index in [0.29, 0.717) is 11.4 Å². The standard InChI is InChI=1S/C14H17N3O4S/c1-10-4-5-11(17-16-10)9-15-22(18,19)14-7-6-12(20-2)8-13(14)21-3/h4-8,15H,9H2,1-3H3. The van der Waals surface area contributed by atoms with E-state index in [9.17, 15) is 8.42 Å². The number of nitrogens with zero attached hydrogens (tertiary/aromatic N) is 2. The number of hydrogen-bond acceptors (Lipinski definition) is 6. The Morgan fingerprint density at radius 2 is 1.86 bits per heavy atom. The molecular formula is C14H17N3O4S. The van der Waals surface area contributed by atoms with Gasteiger partial charge in [-0.3, -0.25) is 0 Å². The Balaban J connectivity index is 2.21. The van der Waals surface area contributed by atoms with Crippen LogP contribution in [0.2, 0.25) is 0 Å². The summed E-state index contributed by atoms with van der Waals surface area (Å²) in [6, 6.07) is 7.99. The average Bonchev–Trinajstić information content (AvgIpc) is 2.53. The molecule has 0 amide bonds. The molecule has 0 aliphatic heterocycles. The first kappa shape index (κ1) is 16.2. The summed E-state index contributed by atoms with van der Waals surface area (Å²) in [5.74, 6) is 0.724. The Hall–Kier alpha value is -2.19. The molecule has 1 aromatic carbocycles. The summed E-state index contributed by atoms with van der Waals surface area (Å²) in [4.78, 5) is 0.0378. The maximum atomic E-state index is 12.4. The second-order valence-electron chi connectivity index (χ2n) is 4.51. The van der Waals surface area contributed by atoms with E-state index in [0.717, 1.165) is 5.69 Å². The van der Waals surface area contributed by atoms with E-state index in [4.69, 9.17) is 9.47 Å². The Morgan fingerprint density at radius 3 is 2.45 bits per heavy atom. The van der Waals surface area contributed by atoms with Crippen molar-refractivity contribution in [2.24, 2.45) is 0 Å². The van der Waals surface area contributed by atoms with Gasteiger partial charge in [0.05, 0.1) is 32.2 Å². The van der Waals surface area contributed by atoms with Crippen molar-refractivity contribution in [3.05, 3.63) is 41.7 Å². The first-order valence-corrected chi connectivity index (χ1v) is 7.95. The van der Waals surface area contributed by atoms with Gasteiger partial charge in [-0.1, -0.05) is 0 Å². The zero-order chi connectivity index (χ0) is 16.2. The van der Waals surface area contributed by atoms with Gasteiger partial charge in [-0.25, -0.2) is 13.1 Å². The number of methoxy groups -OCH3 is 2. The van der Waals surface area contributed by atoms with Crippen LogP contribution in [0.25, 0.3) is 0 Å². The van der Waals surface area contributed by atoms with Crippen LogP contribution in [-0.2, 0) is 16.6 Å². The summed E-state index contributed by atoms with van der Waals surface area (Å²) in [6.45, 7) is 1.86. The number of benzene rings is 1. The van der Waals surface area contributed by atoms with Crippen molar-refractivity contribution in [3.8, 4) is 11.5 Å². The molecule has 8 heteroatoms. The highest BCUT2D eigenvalue weighted by Gasteiger charge is 2.20. The van der Waals surface area contributed by atoms with Crippen molar-refractivity contribution in [2.75, 3.05) is 14.2 Å². The maximum absolute atomic E-state index is 12.4. The summed E-state index contributed by atoms with van der Waals surface area (Å²) >= 11 is 0. The summed E-state index contributed by atoms with van der Waals surface area (Å²) in [5.41, 5.74) is 1.30. The molecule has 0 atom stereocenters. The molecule has 118 valence electrons. The van der Waals surface area contributed by atoms with Crippen LogP contribution in [-0.4, -0.2) is 32.8 Å². The van der Waals surface area contributed by atoms with Crippen molar-refractivity contribution < 1.29 is 17.9 Å². The molecule has 0 spiro atoms. The molecule has 0 aliphatic rings. The van der Waals surface area contributed by atoms with E-state index in [2.05, 4.69) is 14.9 Å². The largest absolute Gasteiger partial charge is 0.497 e. The molecule has 0 bridgehead atoms. The second-order valence-corrected chi connectivity index (χ2v) is 6.24. The topological polar surface area (TPSA) is 90.4 Å². The third-order valence-electron chi connectivity index (χ3n) is 2.96. The first-order valence-electron chi connectivity index (χ1n) is 6.47. The molecule has 2 rings (SSSR count). The van der Waals surface area contributed by atoms with Crippen LogP contribution in [0.15, 0.2) is 35.2 Å². The number of sulfonamides is 1. The summed E-state index contributed by atoms with van der Waals surface area (Å²) < 4.78 is 37.4. The molecule has 2 aromatic rings. The van der Waals surface area contributed by atoms with Crippen molar-refractivity contribution in [1.82, 2.24) is 14.9 Å². The summed E-state index contributed by atoms with van der Waals surface area (Å²) in [5, 5.41) is 7.80. The Morgan fingerprint density at radius 1 is 1.09 bits per heavy atom. The number of rotatable bonds is 6. The number of aryl methyl sites for hydroxylation is 1. The third kappa shape index (κ3) is 3.71. The lowest BCUT2D eigenvalue weighted by Crippen LogP contribution is -2.24. The van der Waals surface area contributed by atoms with Crippen LogP contribution < -0.4 is 14.2 Å².